The Hall–Kier alpha value is 0.250. The highest BCUT2D eigenvalue weighted by atomic mass is 35.5. The molecule has 0 amide bonds. The van der Waals surface area contributed by atoms with Crippen LogP contribution in [0.3, 0.4) is 0 Å². The largest absolute Gasteiger partial charge is 0.378 e. The van der Waals surface area contributed by atoms with Crippen LogP contribution in [0.4, 0.5) is 0 Å². The van der Waals surface area contributed by atoms with Crippen molar-refractivity contribution in [2.75, 3.05) is 12.5 Å². The minimum Gasteiger partial charge on any atom is -0.378 e. The van der Waals surface area contributed by atoms with Gasteiger partial charge in [-0.05, 0) is 12.8 Å². The Morgan fingerprint density at radius 3 is 2.70 bits per heavy atom. The first kappa shape index (κ1) is 8.35. The van der Waals surface area contributed by atoms with Crippen LogP contribution in [0.2, 0.25) is 0 Å². The number of rotatable bonds is 2. The second-order valence-corrected chi connectivity index (χ2v) is 3.89. The van der Waals surface area contributed by atoms with E-state index < -0.39 is 0 Å². The third-order valence-electron chi connectivity index (χ3n) is 2.15. The number of alkyl halides is 1. The van der Waals surface area contributed by atoms with Gasteiger partial charge in [0.05, 0.1) is 6.10 Å². The molecule has 2 heteroatoms. The highest BCUT2D eigenvalue weighted by Crippen LogP contribution is 2.31. The molecule has 1 rings (SSSR count). The van der Waals surface area contributed by atoms with Crippen LogP contribution in [0.15, 0.2) is 0 Å². The van der Waals surface area contributed by atoms with Crippen LogP contribution in [0, 0.1) is 5.41 Å². The van der Waals surface area contributed by atoms with Gasteiger partial charge in [0.15, 0.2) is 0 Å². The molecule has 1 aliphatic heterocycles. The average Bonchev–Trinajstić information content (AvgIpc) is 2.38. The number of hydrogen-bond donors (Lipinski definition) is 0. The summed E-state index contributed by atoms with van der Waals surface area (Å²) < 4.78 is 5.52. The first-order valence-electron chi connectivity index (χ1n) is 3.84. The quantitative estimate of drug-likeness (QED) is 0.567. The van der Waals surface area contributed by atoms with Gasteiger partial charge in [-0.2, -0.15) is 0 Å². The molecule has 0 saturated carbocycles. The third kappa shape index (κ3) is 1.64. The van der Waals surface area contributed by atoms with Crippen LogP contribution >= 0.6 is 11.6 Å². The maximum Gasteiger partial charge on any atom is 0.0638 e. The minimum atomic E-state index is 0.165. The van der Waals surface area contributed by atoms with E-state index in [9.17, 15) is 0 Å². The zero-order chi connectivity index (χ0) is 7.61. The van der Waals surface area contributed by atoms with Crippen LogP contribution in [-0.2, 0) is 4.74 Å². The van der Waals surface area contributed by atoms with E-state index in [1.165, 1.54) is 12.8 Å². The van der Waals surface area contributed by atoms with Gasteiger partial charge in [-0.25, -0.2) is 0 Å². The standard InChI is InChI=1S/C8H15ClO/c1-8(2,6-9)7-4-3-5-10-7/h7H,3-6H2,1-2H3. The molecule has 1 atom stereocenters. The van der Waals surface area contributed by atoms with Crippen molar-refractivity contribution in [3.05, 3.63) is 0 Å². The smallest absolute Gasteiger partial charge is 0.0638 e. The lowest BCUT2D eigenvalue weighted by Crippen LogP contribution is -2.30. The van der Waals surface area contributed by atoms with E-state index in [1.54, 1.807) is 0 Å². The van der Waals surface area contributed by atoms with Crippen LogP contribution in [-0.4, -0.2) is 18.6 Å². The van der Waals surface area contributed by atoms with E-state index in [0.717, 1.165) is 6.61 Å². The molecule has 0 aromatic carbocycles. The van der Waals surface area contributed by atoms with Crippen molar-refractivity contribution >= 4 is 11.6 Å². The Morgan fingerprint density at radius 1 is 1.60 bits per heavy atom. The van der Waals surface area contributed by atoms with Crippen LogP contribution in [0.1, 0.15) is 26.7 Å². The van der Waals surface area contributed by atoms with E-state index >= 15 is 0 Å². The van der Waals surface area contributed by atoms with Gasteiger partial charge in [0.2, 0.25) is 0 Å². The fourth-order valence-electron chi connectivity index (χ4n) is 1.28. The molecule has 0 aromatic rings. The Bertz CT molecular complexity index is 106. The normalized spacial score (nSPS) is 27.3. The van der Waals surface area contributed by atoms with E-state index in [4.69, 9.17) is 16.3 Å². The Kier molecular flexibility index (Phi) is 2.59. The van der Waals surface area contributed by atoms with Crippen molar-refractivity contribution in [3.8, 4) is 0 Å². The van der Waals surface area contributed by atoms with Crippen molar-refractivity contribution < 1.29 is 4.74 Å². The Morgan fingerprint density at radius 2 is 2.30 bits per heavy atom. The van der Waals surface area contributed by atoms with E-state index in [1.807, 2.05) is 0 Å². The van der Waals surface area contributed by atoms with Gasteiger partial charge in [0, 0.05) is 17.9 Å². The topological polar surface area (TPSA) is 9.23 Å². The molecule has 60 valence electrons. The van der Waals surface area contributed by atoms with Crippen molar-refractivity contribution in [1.29, 1.82) is 0 Å². The molecule has 0 bridgehead atoms. The molecule has 1 saturated heterocycles. The molecule has 0 radical (unpaired) electrons. The molecular weight excluding hydrogens is 148 g/mol. The SMILES string of the molecule is CC(C)(CCl)C1CCCO1. The molecule has 1 aliphatic rings. The lowest BCUT2D eigenvalue weighted by Gasteiger charge is -2.27. The Balaban J connectivity index is 2.45. The van der Waals surface area contributed by atoms with Crippen molar-refractivity contribution in [3.63, 3.8) is 0 Å². The van der Waals surface area contributed by atoms with E-state index in [0.29, 0.717) is 12.0 Å². The first-order valence-corrected chi connectivity index (χ1v) is 4.38. The van der Waals surface area contributed by atoms with Crippen molar-refractivity contribution in [2.24, 2.45) is 5.41 Å². The second kappa shape index (κ2) is 3.10. The summed E-state index contributed by atoms with van der Waals surface area (Å²) in [5, 5.41) is 0. The van der Waals surface area contributed by atoms with Crippen LogP contribution in [0.5, 0.6) is 0 Å². The van der Waals surface area contributed by atoms with Gasteiger partial charge in [0.25, 0.3) is 0 Å². The molecule has 1 fully saturated rings. The van der Waals surface area contributed by atoms with E-state index in [2.05, 4.69) is 13.8 Å². The minimum absolute atomic E-state index is 0.165. The molecule has 0 aromatic heterocycles. The number of ether oxygens (including phenoxy) is 1. The van der Waals surface area contributed by atoms with Gasteiger partial charge in [0.1, 0.15) is 0 Å². The molecule has 1 unspecified atom stereocenters. The van der Waals surface area contributed by atoms with Crippen molar-refractivity contribution in [1.82, 2.24) is 0 Å². The Labute approximate surface area is 67.7 Å². The van der Waals surface area contributed by atoms with Gasteiger partial charge in [-0.1, -0.05) is 13.8 Å². The lowest BCUT2D eigenvalue weighted by molar-refractivity contribution is 0.0308. The molecule has 0 aliphatic carbocycles. The molecule has 0 spiro atoms. The predicted octanol–water partition coefficient (Wildman–Crippen LogP) is 2.43. The highest BCUT2D eigenvalue weighted by Gasteiger charge is 2.31. The summed E-state index contributed by atoms with van der Waals surface area (Å²) in [6, 6.07) is 0. The summed E-state index contributed by atoms with van der Waals surface area (Å²) in [5.74, 6) is 0.692. The molecule has 1 heterocycles. The monoisotopic (exact) mass is 162 g/mol. The number of hydrogen-bond acceptors (Lipinski definition) is 1. The van der Waals surface area contributed by atoms with Crippen molar-refractivity contribution in [2.45, 2.75) is 32.8 Å². The molecule has 10 heavy (non-hydrogen) atoms. The van der Waals surface area contributed by atoms with Gasteiger partial charge in [-0.3, -0.25) is 0 Å². The van der Waals surface area contributed by atoms with Gasteiger partial charge >= 0.3 is 0 Å². The maximum atomic E-state index is 5.79. The molecular formula is C8H15ClO. The second-order valence-electron chi connectivity index (χ2n) is 3.62. The van der Waals surface area contributed by atoms with Gasteiger partial charge < -0.3 is 4.74 Å². The molecule has 0 N–H and O–H groups in total. The predicted molar refractivity (Wildman–Crippen MR) is 43.5 cm³/mol. The van der Waals surface area contributed by atoms with Gasteiger partial charge in [-0.15, -0.1) is 11.6 Å². The number of halogens is 1. The fourth-order valence-corrected chi connectivity index (χ4v) is 1.45. The average molecular weight is 163 g/mol. The van der Waals surface area contributed by atoms with Crippen LogP contribution < -0.4 is 0 Å². The zero-order valence-electron chi connectivity index (χ0n) is 6.69. The summed E-state index contributed by atoms with van der Waals surface area (Å²) in [5.41, 5.74) is 0.165. The summed E-state index contributed by atoms with van der Waals surface area (Å²) in [6.45, 7) is 5.25. The zero-order valence-corrected chi connectivity index (χ0v) is 7.45. The van der Waals surface area contributed by atoms with E-state index in [-0.39, 0.29) is 5.41 Å². The fraction of sp³-hybridized carbons (Fsp3) is 1.00. The summed E-state index contributed by atoms with van der Waals surface area (Å²) in [6.07, 6.45) is 2.77. The summed E-state index contributed by atoms with van der Waals surface area (Å²) in [4.78, 5) is 0. The van der Waals surface area contributed by atoms with Crippen LogP contribution in [0.25, 0.3) is 0 Å². The first-order chi connectivity index (χ1) is 4.67. The summed E-state index contributed by atoms with van der Waals surface area (Å²) >= 11 is 5.79. The molecule has 1 nitrogen and oxygen atoms in total. The third-order valence-corrected chi connectivity index (χ3v) is 2.83. The lowest BCUT2D eigenvalue weighted by atomic mass is 9.87. The maximum absolute atomic E-state index is 5.79. The highest BCUT2D eigenvalue weighted by molar-refractivity contribution is 6.18. The summed E-state index contributed by atoms with van der Waals surface area (Å²) in [7, 11) is 0.